The molecule has 162 valence electrons. The normalized spacial score (nSPS) is 14.9. The van der Waals surface area contributed by atoms with E-state index < -0.39 is 23.7 Å². The first-order valence-corrected chi connectivity index (χ1v) is 9.24. The summed E-state index contributed by atoms with van der Waals surface area (Å²) < 4.78 is 41.3. The molecule has 0 unspecified atom stereocenters. The minimum absolute atomic E-state index is 0.127. The molecule has 1 aromatic heterocycles. The highest BCUT2D eigenvalue weighted by atomic mass is 19.4. The summed E-state index contributed by atoms with van der Waals surface area (Å²) in [5, 5.41) is 7.77. The maximum absolute atomic E-state index is 12.5. The summed E-state index contributed by atoms with van der Waals surface area (Å²) in [4.78, 5) is 33.0. The zero-order chi connectivity index (χ0) is 21.6. The van der Waals surface area contributed by atoms with Crippen molar-refractivity contribution < 1.29 is 22.7 Å². The van der Waals surface area contributed by atoms with E-state index in [-0.39, 0.29) is 11.6 Å². The van der Waals surface area contributed by atoms with Crippen LogP contribution in [0.4, 0.5) is 29.6 Å². The molecule has 4 N–H and O–H groups in total. The number of para-hydroxylation sites is 2. The van der Waals surface area contributed by atoms with Gasteiger partial charge in [0.2, 0.25) is 5.95 Å². The number of aromatic amines is 1. The molecule has 1 aromatic carbocycles. The van der Waals surface area contributed by atoms with Crippen LogP contribution in [0.1, 0.15) is 5.56 Å². The summed E-state index contributed by atoms with van der Waals surface area (Å²) in [6, 6.07) is 4.20. The van der Waals surface area contributed by atoms with Crippen LogP contribution in [0.25, 0.3) is 0 Å². The molecule has 0 aliphatic carbocycles. The first-order valence-electron chi connectivity index (χ1n) is 9.24. The van der Waals surface area contributed by atoms with E-state index in [0.29, 0.717) is 12.0 Å². The Morgan fingerprint density at radius 1 is 1.20 bits per heavy atom. The number of carbonyl (C=O) groups excluding carboxylic acids is 1. The standard InChI is InChI=1S/C18H21F3N6O3/c19-18(20,21)30-14-4-2-1-3-13(14)24-17(29)26-16-23-11-12(15(28)25-16)5-8-27-9-6-22-7-10-27/h1-4,11,22H,5-10H2,(H3,23,24,25,26,28,29). The Hall–Kier alpha value is -3.12. The van der Waals surface area contributed by atoms with Crippen molar-refractivity contribution in [2.24, 2.45) is 0 Å². The minimum Gasteiger partial charge on any atom is -0.404 e. The fourth-order valence-corrected chi connectivity index (χ4v) is 2.92. The number of benzene rings is 1. The molecular weight excluding hydrogens is 405 g/mol. The summed E-state index contributed by atoms with van der Waals surface area (Å²) in [5.74, 6) is -0.692. The molecule has 2 amide bonds. The van der Waals surface area contributed by atoms with Crippen LogP contribution in [0, 0.1) is 0 Å². The third-order valence-electron chi connectivity index (χ3n) is 4.37. The van der Waals surface area contributed by atoms with Gasteiger partial charge in [0.05, 0.1) is 5.69 Å². The van der Waals surface area contributed by atoms with Crippen LogP contribution in [0.15, 0.2) is 35.3 Å². The van der Waals surface area contributed by atoms with Crippen LogP contribution in [0.3, 0.4) is 0 Å². The summed E-state index contributed by atoms with van der Waals surface area (Å²) in [6.07, 6.45) is -2.92. The van der Waals surface area contributed by atoms with E-state index in [1.54, 1.807) is 0 Å². The van der Waals surface area contributed by atoms with Gasteiger partial charge in [-0.25, -0.2) is 4.79 Å². The smallest absolute Gasteiger partial charge is 0.404 e. The number of nitrogens with zero attached hydrogens (tertiary/aromatic N) is 2. The minimum atomic E-state index is -4.90. The predicted octanol–water partition coefficient (Wildman–Crippen LogP) is 1.76. The number of H-pyrrole nitrogens is 1. The van der Waals surface area contributed by atoms with E-state index in [1.165, 1.54) is 24.4 Å². The van der Waals surface area contributed by atoms with E-state index in [4.69, 9.17) is 0 Å². The van der Waals surface area contributed by atoms with Crippen LogP contribution in [0.5, 0.6) is 5.75 Å². The Kier molecular flexibility index (Phi) is 6.90. The molecule has 2 aromatic rings. The number of hydrogen-bond acceptors (Lipinski definition) is 6. The Labute approximate surface area is 169 Å². The zero-order valence-corrected chi connectivity index (χ0v) is 15.9. The average Bonchev–Trinajstić information content (AvgIpc) is 2.68. The van der Waals surface area contributed by atoms with Gasteiger partial charge in [-0.05, 0) is 18.6 Å². The molecule has 2 heterocycles. The van der Waals surface area contributed by atoms with Crippen molar-refractivity contribution >= 4 is 17.7 Å². The SMILES string of the molecule is O=C(Nc1nc(=O)c(CCN2CCNCC2)c[nH]1)Nc1ccccc1OC(F)(F)F. The van der Waals surface area contributed by atoms with Crippen LogP contribution in [-0.2, 0) is 6.42 Å². The highest BCUT2D eigenvalue weighted by molar-refractivity contribution is 5.99. The summed E-state index contributed by atoms with van der Waals surface area (Å²) >= 11 is 0. The van der Waals surface area contributed by atoms with Gasteiger partial charge in [0.25, 0.3) is 5.56 Å². The second kappa shape index (κ2) is 9.59. The number of aromatic nitrogens is 2. The number of carbonyl (C=O) groups is 1. The Bertz CT molecular complexity index is 928. The molecule has 0 radical (unpaired) electrons. The van der Waals surface area contributed by atoms with Gasteiger partial charge in [0.15, 0.2) is 5.75 Å². The second-order valence-electron chi connectivity index (χ2n) is 6.54. The van der Waals surface area contributed by atoms with Gasteiger partial charge in [-0.1, -0.05) is 12.1 Å². The Morgan fingerprint density at radius 2 is 1.93 bits per heavy atom. The maximum atomic E-state index is 12.5. The van der Waals surface area contributed by atoms with Gasteiger partial charge in [-0.15, -0.1) is 13.2 Å². The number of ether oxygens (including phenoxy) is 1. The van der Waals surface area contributed by atoms with E-state index in [9.17, 15) is 22.8 Å². The molecule has 1 fully saturated rings. The highest BCUT2D eigenvalue weighted by Crippen LogP contribution is 2.29. The summed E-state index contributed by atoms with van der Waals surface area (Å²) in [7, 11) is 0. The summed E-state index contributed by atoms with van der Waals surface area (Å²) in [5.41, 5.74) is -0.203. The van der Waals surface area contributed by atoms with Gasteiger partial charge < -0.3 is 25.3 Å². The van der Waals surface area contributed by atoms with E-state index in [1.807, 2.05) is 0 Å². The van der Waals surface area contributed by atoms with Crippen LogP contribution in [0.2, 0.25) is 0 Å². The maximum Gasteiger partial charge on any atom is 0.573 e. The fourth-order valence-electron chi connectivity index (χ4n) is 2.92. The van der Waals surface area contributed by atoms with Crippen LogP contribution in [-0.4, -0.2) is 60.0 Å². The number of anilines is 2. The first kappa shape index (κ1) is 21.6. The molecule has 1 saturated heterocycles. The van der Waals surface area contributed by atoms with Gasteiger partial charge in [-0.3, -0.25) is 10.1 Å². The van der Waals surface area contributed by atoms with Gasteiger partial charge in [0, 0.05) is 44.5 Å². The average molecular weight is 426 g/mol. The molecule has 1 aliphatic heterocycles. The molecule has 1 aliphatic rings. The van der Waals surface area contributed by atoms with Crippen molar-refractivity contribution in [2.45, 2.75) is 12.8 Å². The number of piperazine rings is 1. The van der Waals surface area contributed by atoms with E-state index in [2.05, 4.69) is 35.6 Å². The Morgan fingerprint density at radius 3 is 2.63 bits per heavy atom. The molecular formula is C18H21F3N6O3. The molecule has 0 spiro atoms. The molecule has 0 bridgehead atoms. The highest BCUT2D eigenvalue weighted by Gasteiger charge is 2.32. The van der Waals surface area contributed by atoms with Crippen molar-refractivity contribution in [1.82, 2.24) is 20.2 Å². The van der Waals surface area contributed by atoms with Crippen molar-refractivity contribution in [3.8, 4) is 5.75 Å². The lowest BCUT2D eigenvalue weighted by Gasteiger charge is -2.26. The van der Waals surface area contributed by atoms with E-state index in [0.717, 1.165) is 38.8 Å². The zero-order valence-electron chi connectivity index (χ0n) is 15.9. The number of rotatable bonds is 6. The lowest BCUT2D eigenvalue weighted by Crippen LogP contribution is -2.44. The number of hydrogen-bond donors (Lipinski definition) is 4. The molecule has 12 heteroatoms. The number of amides is 2. The van der Waals surface area contributed by atoms with Gasteiger partial charge >= 0.3 is 12.4 Å². The fraction of sp³-hybridized carbons (Fsp3) is 0.389. The molecule has 0 saturated carbocycles. The van der Waals surface area contributed by atoms with Crippen molar-refractivity contribution in [2.75, 3.05) is 43.4 Å². The van der Waals surface area contributed by atoms with Gasteiger partial charge in [-0.2, -0.15) is 4.98 Å². The second-order valence-corrected chi connectivity index (χ2v) is 6.54. The monoisotopic (exact) mass is 426 g/mol. The van der Waals surface area contributed by atoms with Crippen molar-refractivity contribution in [3.63, 3.8) is 0 Å². The Balaban J connectivity index is 1.58. The van der Waals surface area contributed by atoms with Gasteiger partial charge in [0.1, 0.15) is 0 Å². The molecule has 9 nitrogen and oxygen atoms in total. The number of halogens is 3. The lowest BCUT2D eigenvalue weighted by atomic mass is 10.2. The topological polar surface area (TPSA) is 111 Å². The third kappa shape index (κ3) is 6.46. The first-order chi connectivity index (χ1) is 14.3. The lowest BCUT2D eigenvalue weighted by molar-refractivity contribution is -0.274. The van der Waals surface area contributed by atoms with Crippen LogP contribution >= 0.6 is 0 Å². The van der Waals surface area contributed by atoms with Crippen molar-refractivity contribution in [3.05, 3.63) is 46.4 Å². The summed E-state index contributed by atoms with van der Waals surface area (Å²) in [6.45, 7) is 4.35. The number of urea groups is 1. The largest absolute Gasteiger partial charge is 0.573 e. The molecule has 3 rings (SSSR count). The van der Waals surface area contributed by atoms with Crippen molar-refractivity contribution in [1.29, 1.82) is 0 Å². The van der Waals surface area contributed by atoms with E-state index >= 15 is 0 Å². The number of alkyl halides is 3. The third-order valence-corrected chi connectivity index (χ3v) is 4.37. The van der Waals surface area contributed by atoms with Crippen LogP contribution < -0.4 is 26.2 Å². The molecule has 30 heavy (non-hydrogen) atoms. The number of nitrogens with one attached hydrogen (secondary N) is 4. The predicted molar refractivity (Wildman–Crippen MR) is 104 cm³/mol. The molecule has 0 atom stereocenters. The quantitative estimate of drug-likeness (QED) is 0.560.